The van der Waals surface area contributed by atoms with Crippen LogP contribution in [0.5, 0.6) is 11.5 Å². The smallest absolute Gasteiger partial charge is 0.170 e. The Labute approximate surface area is 170 Å². The molecule has 1 aliphatic rings. The Morgan fingerprint density at radius 2 is 1.61 bits per heavy atom. The normalized spacial score (nSPS) is 15.7. The van der Waals surface area contributed by atoms with Gasteiger partial charge in [0.25, 0.3) is 0 Å². The fourth-order valence-electron chi connectivity index (χ4n) is 3.73. The molecule has 1 atom stereocenters. The van der Waals surface area contributed by atoms with Crippen LogP contribution in [-0.4, -0.2) is 26.8 Å². The SMILES string of the molecule is Oc1cc2c(cc1O)C(c1ccccc1)N(C(=S)NCc1ccccc1)CC2. The first kappa shape index (κ1) is 18.3. The lowest BCUT2D eigenvalue weighted by atomic mass is 9.88. The molecule has 0 bridgehead atoms. The van der Waals surface area contributed by atoms with Crippen molar-refractivity contribution in [2.45, 2.75) is 19.0 Å². The number of phenols is 2. The molecular formula is C23H22N2O2S. The second-order valence-corrected chi connectivity index (χ2v) is 7.33. The zero-order chi connectivity index (χ0) is 19.5. The minimum absolute atomic E-state index is 0.0798. The Hall–Kier alpha value is -3.05. The second-order valence-electron chi connectivity index (χ2n) is 6.94. The van der Waals surface area contributed by atoms with Gasteiger partial charge in [-0.25, -0.2) is 0 Å². The molecule has 4 rings (SSSR count). The molecule has 142 valence electrons. The molecule has 0 saturated carbocycles. The van der Waals surface area contributed by atoms with E-state index < -0.39 is 0 Å². The minimum atomic E-state index is -0.118. The van der Waals surface area contributed by atoms with E-state index in [9.17, 15) is 10.2 Å². The quantitative estimate of drug-likeness (QED) is 0.464. The fraction of sp³-hybridized carbons (Fsp3) is 0.174. The summed E-state index contributed by atoms with van der Waals surface area (Å²) in [4.78, 5) is 2.16. The first-order valence-corrected chi connectivity index (χ1v) is 9.72. The summed E-state index contributed by atoms with van der Waals surface area (Å²) in [6.45, 7) is 1.39. The van der Waals surface area contributed by atoms with Crippen LogP contribution in [0.25, 0.3) is 0 Å². The topological polar surface area (TPSA) is 55.7 Å². The van der Waals surface area contributed by atoms with Gasteiger partial charge in [0.05, 0.1) is 6.04 Å². The molecule has 0 fully saturated rings. The molecule has 3 aromatic carbocycles. The lowest BCUT2D eigenvalue weighted by Gasteiger charge is -2.39. The van der Waals surface area contributed by atoms with Crippen LogP contribution < -0.4 is 5.32 Å². The van der Waals surface area contributed by atoms with Gasteiger partial charge in [-0.05, 0) is 53.0 Å². The van der Waals surface area contributed by atoms with Gasteiger partial charge in [0.15, 0.2) is 16.6 Å². The van der Waals surface area contributed by atoms with Gasteiger partial charge in [-0.1, -0.05) is 60.7 Å². The lowest BCUT2D eigenvalue weighted by molar-refractivity contribution is 0.329. The van der Waals surface area contributed by atoms with E-state index in [1.807, 2.05) is 36.4 Å². The van der Waals surface area contributed by atoms with Crippen LogP contribution in [0.2, 0.25) is 0 Å². The molecule has 5 heteroatoms. The number of nitrogens with one attached hydrogen (secondary N) is 1. The molecular weight excluding hydrogens is 368 g/mol. The molecule has 4 nitrogen and oxygen atoms in total. The fourth-order valence-corrected chi connectivity index (χ4v) is 4.00. The molecule has 1 unspecified atom stereocenters. The maximum absolute atomic E-state index is 10.1. The highest BCUT2D eigenvalue weighted by atomic mass is 32.1. The number of hydrogen-bond donors (Lipinski definition) is 3. The Kier molecular flexibility index (Phi) is 5.17. The largest absolute Gasteiger partial charge is 0.504 e. The van der Waals surface area contributed by atoms with Crippen LogP contribution in [-0.2, 0) is 13.0 Å². The zero-order valence-electron chi connectivity index (χ0n) is 15.4. The summed E-state index contributed by atoms with van der Waals surface area (Å²) in [5.74, 6) is -0.187. The molecule has 1 aliphatic heterocycles. The number of phenolic OH excluding ortho intramolecular Hbond substituents is 2. The Bertz CT molecular complexity index is 977. The van der Waals surface area contributed by atoms with E-state index in [4.69, 9.17) is 12.2 Å². The average Bonchev–Trinajstić information content (AvgIpc) is 2.73. The Morgan fingerprint density at radius 1 is 0.964 bits per heavy atom. The molecule has 0 amide bonds. The van der Waals surface area contributed by atoms with E-state index in [1.54, 1.807) is 12.1 Å². The number of fused-ring (bicyclic) bond motifs is 1. The lowest BCUT2D eigenvalue weighted by Crippen LogP contribution is -2.45. The third-order valence-electron chi connectivity index (χ3n) is 5.13. The number of benzene rings is 3. The van der Waals surface area contributed by atoms with Gasteiger partial charge in [0, 0.05) is 13.1 Å². The maximum Gasteiger partial charge on any atom is 0.170 e. The predicted molar refractivity (Wildman–Crippen MR) is 114 cm³/mol. The monoisotopic (exact) mass is 390 g/mol. The number of hydrogen-bond acceptors (Lipinski definition) is 3. The van der Waals surface area contributed by atoms with Crippen molar-refractivity contribution < 1.29 is 10.2 Å². The number of rotatable bonds is 3. The Balaban J connectivity index is 1.66. The molecule has 3 aromatic rings. The van der Waals surface area contributed by atoms with E-state index >= 15 is 0 Å². The minimum Gasteiger partial charge on any atom is -0.504 e. The van der Waals surface area contributed by atoms with Gasteiger partial charge < -0.3 is 20.4 Å². The summed E-state index contributed by atoms with van der Waals surface area (Å²) in [7, 11) is 0. The van der Waals surface area contributed by atoms with Crippen molar-refractivity contribution in [1.82, 2.24) is 10.2 Å². The van der Waals surface area contributed by atoms with Gasteiger partial charge in [0.1, 0.15) is 0 Å². The van der Waals surface area contributed by atoms with E-state index in [0.29, 0.717) is 11.7 Å². The highest BCUT2D eigenvalue weighted by Crippen LogP contribution is 2.40. The highest BCUT2D eigenvalue weighted by molar-refractivity contribution is 7.80. The standard InChI is InChI=1S/C23H22N2O2S/c26-20-13-18-11-12-25(23(28)24-15-16-7-3-1-4-8-16)22(19(18)14-21(20)27)17-9-5-2-6-10-17/h1-10,13-14,22,26-27H,11-12,15H2,(H,24,28). The summed E-state index contributed by atoms with van der Waals surface area (Å²) in [5.41, 5.74) is 4.27. The predicted octanol–water partition coefficient (Wildman–Crippen LogP) is 4.12. The van der Waals surface area contributed by atoms with Crippen molar-refractivity contribution in [3.8, 4) is 11.5 Å². The molecule has 0 radical (unpaired) electrons. The number of aromatic hydroxyl groups is 2. The highest BCUT2D eigenvalue weighted by Gasteiger charge is 2.31. The second kappa shape index (κ2) is 7.90. The summed E-state index contributed by atoms with van der Waals surface area (Å²) in [5, 5.41) is 24.1. The molecule has 28 heavy (non-hydrogen) atoms. The molecule has 0 aromatic heterocycles. The molecule has 0 aliphatic carbocycles. The van der Waals surface area contributed by atoms with Crippen LogP contribution in [0.3, 0.4) is 0 Å². The molecule has 3 N–H and O–H groups in total. The van der Waals surface area contributed by atoms with Gasteiger partial charge in [0.2, 0.25) is 0 Å². The zero-order valence-corrected chi connectivity index (χ0v) is 16.2. The van der Waals surface area contributed by atoms with Gasteiger partial charge in [-0.15, -0.1) is 0 Å². The van der Waals surface area contributed by atoms with Crippen LogP contribution in [0, 0.1) is 0 Å². The molecule has 0 saturated heterocycles. The van der Waals surface area contributed by atoms with Crippen molar-refractivity contribution in [2.75, 3.05) is 6.54 Å². The summed E-state index contributed by atoms with van der Waals surface area (Å²) in [6.07, 6.45) is 0.750. The van der Waals surface area contributed by atoms with Gasteiger partial charge in [-0.2, -0.15) is 0 Å². The van der Waals surface area contributed by atoms with Crippen molar-refractivity contribution in [3.63, 3.8) is 0 Å². The first-order valence-electron chi connectivity index (χ1n) is 9.31. The van der Waals surface area contributed by atoms with Gasteiger partial charge in [-0.3, -0.25) is 0 Å². The summed E-state index contributed by atoms with van der Waals surface area (Å²) in [6, 6.07) is 23.5. The van der Waals surface area contributed by atoms with Crippen LogP contribution in [0.1, 0.15) is 28.3 Å². The van der Waals surface area contributed by atoms with E-state index in [0.717, 1.165) is 29.7 Å². The van der Waals surface area contributed by atoms with Crippen molar-refractivity contribution >= 4 is 17.3 Å². The van der Waals surface area contributed by atoms with Crippen LogP contribution >= 0.6 is 12.2 Å². The first-order chi connectivity index (χ1) is 13.6. The Morgan fingerprint density at radius 3 is 2.32 bits per heavy atom. The van der Waals surface area contributed by atoms with E-state index in [1.165, 1.54) is 5.56 Å². The summed E-state index contributed by atoms with van der Waals surface area (Å²) < 4.78 is 0. The average molecular weight is 391 g/mol. The number of nitrogens with zero attached hydrogens (tertiary/aromatic N) is 1. The van der Waals surface area contributed by atoms with Crippen LogP contribution in [0.15, 0.2) is 72.8 Å². The maximum atomic E-state index is 10.1. The number of thiocarbonyl (C=S) groups is 1. The van der Waals surface area contributed by atoms with Crippen molar-refractivity contribution in [2.24, 2.45) is 0 Å². The molecule has 0 spiro atoms. The third-order valence-corrected chi connectivity index (χ3v) is 5.51. The van der Waals surface area contributed by atoms with Gasteiger partial charge >= 0.3 is 0 Å². The molecule has 1 heterocycles. The van der Waals surface area contributed by atoms with Crippen molar-refractivity contribution in [1.29, 1.82) is 0 Å². The van der Waals surface area contributed by atoms with E-state index in [2.05, 4.69) is 34.5 Å². The van der Waals surface area contributed by atoms with Crippen LogP contribution in [0.4, 0.5) is 0 Å². The van der Waals surface area contributed by atoms with E-state index in [-0.39, 0.29) is 17.5 Å². The third kappa shape index (κ3) is 3.66. The summed E-state index contributed by atoms with van der Waals surface area (Å²) >= 11 is 5.74. The van der Waals surface area contributed by atoms with Crippen molar-refractivity contribution in [3.05, 3.63) is 95.1 Å².